The Hall–Kier alpha value is -1.58. The van der Waals surface area contributed by atoms with Gasteiger partial charge in [0.05, 0.1) is 12.7 Å². The predicted molar refractivity (Wildman–Crippen MR) is 83.3 cm³/mol. The minimum Gasteiger partial charge on any atom is -0.491 e. The van der Waals surface area contributed by atoms with Crippen LogP contribution >= 0.6 is 0 Å². The number of rotatable bonds is 7. The molecule has 0 saturated carbocycles. The first-order valence-corrected chi connectivity index (χ1v) is 7.12. The fourth-order valence-corrected chi connectivity index (χ4v) is 2.25. The van der Waals surface area contributed by atoms with Crippen molar-refractivity contribution in [3.63, 3.8) is 0 Å². The van der Waals surface area contributed by atoms with Crippen molar-refractivity contribution in [2.75, 3.05) is 20.3 Å². The second-order valence-corrected chi connectivity index (χ2v) is 5.06. The molecular formula is C17H23NO2. The summed E-state index contributed by atoms with van der Waals surface area (Å²) in [5.74, 6) is 0.936. The molecule has 0 aromatic heterocycles. The number of hydrogen-bond donors (Lipinski definition) is 1. The Balaban J connectivity index is 2.17. The SMILES string of the molecule is CNCc1c(OCCOC(C)C)ccc2ccccc12. The van der Waals surface area contributed by atoms with Gasteiger partial charge in [0.2, 0.25) is 0 Å². The monoisotopic (exact) mass is 273 g/mol. The highest BCUT2D eigenvalue weighted by atomic mass is 16.5. The molecule has 2 aromatic rings. The highest BCUT2D eigenvalue weighted by Gasteiger charge is 2.08. The maximum atomic E-state index is 5.88. The summed E-state index contributed by atoms with van der Waals surface area (Å²) in [6, 6.07) is 12.5. The highest BCUT2D eigenvalue weighted by Crippen LogP contribution is 2.28. The van der Waals surface area contributed by atoms with Crippen LogP contribution in [-0.4, -0.2) is 26.4 Å². The second kappa shape index (κ2) is 7.27. The van der Waals surface area contributed by atoms with Crippen LogP contribution in [-0.2, 0) is 11.3 Å². The first-order chi connectivity index (χ1) is 9.72. The Morgan fingerprint density at radius 1 is 1.05 bits per heavy atom. The van der Waals surface area contributed by atoms with Gasteiger partial charge >= 0.3 is 0 Å². The molecule has 3 heteroatoms. The summed E-state index contributed by atoms with van der Waals surface area (Å²) in [6.45, 7) is 6.05. The average Bonchev–Trinajstić information content (AvgIpc) is 2.45. The number of nitrogens with one attached hydrogen (secondary N) is 1. The molecule has 0 heterocycles. The van der Waals surface area contributed by atoms with Gasteiger partial charge in [0.25, 0.3) is 0 Å². The van der Waals surface area contributed by atoms with Gasteiger partial charge < -0.3 is 14.8 Å². The summed E-state index contributed by atoms with van der Waals surface area (Å²) in [4.78, 5) is 0. The molecule has 0 atom stereocenters. The molecule has 0 aliphatic rings. The minimum absolute atomic E-state index is 0.243. The summed E-state index contributed by atoms with van der Waals surface area (Å²) < 4.78 is 11.4. The van der Waals surface area contributed by atoms with Crippen LogP contribution in [0, 0.1) is 0 Å². The molecule has 0 bridgehead atoms. The normalized spacial score (nSPS) is 11.2. The van der Waals surface area contributed by atoms with Crippen LogP contribution in [0.1, 0.15) is 19.4 Å². The Bertz CT molecular complexity index is 552. The standard InChI is InChI=1S/C17H23NO2/c1-13(2)19-10-11-20-17-9-8-14-6-4-5-7-15(14)16(17)12-18-3/h4-9,13,18H,10-12H2,1-3H3. The molecular weight excluding hydrogens is 250 g/mol. The third kappa shape index (κ3) is 3.71. The van der Waals surface area contributed by atoms with E-state index in [1.165, 1.54) is 16.3 Å². The highest BCUT2D eigenvalue weighted by molar-refractivity contribution is 5.87. The van der Waals surface area contributed by atoms with E-state index < -0.39 is 0 Å². The fourth-order valence-electron chi connectivity index (χ4n) is 2.25. The van der Waals surface area contributed by atoms with Crippen molar-refractivity contribution < 1.29 is 9.47 Å². The number of ether oxygens (including phenoxy) is 2. The smallest absolute Gasteiger partial charge is 0.124 e. The molecule has 20 heavy (non-hydrogen) atoms. The van der Waals surface area contributed by atoms with Crippen molar-refractivity contribution in [2.24, 2.45) is 0 Å². The molecule has 108 valence electrons. The van der Waals surface area contributed by atoms with E-state index in [0.717, 1.165) is 12.3 Å². The van der Waals surface area contributed by atoms with Gasteiger partial charge in [0.1, 0.15) is 12.4 Å². The van der Waals surface area contributed by atoms with Gasteiger partial charge in [-0.25, -0.2) is 0 Å². The van der Waals surface area contributed by atoms with Crippen molar-refractivity contribution in [1.82, 2.24) is 5.32 Å². The van der Waals surface area contributed by atoms with Gasteiger partial charge in [-0.15, -0.1) is 0 Å². The lowest BCUT2D eigenvalue weighted by atomic mass is 10.0. The summed E-state index contributed by atoms with van der Waals surface area (Å²) in [5, 5.41) is 5.69. The van der Waals surface area contributed by atoms with E-state index in [2.05, 4.69) is 35.6 Å². The van der Waals surface area contributed by atoms with Crippen LogP contribution in [0.15, 0.2) is 36.4 Å². The summed E-state index contributed by atoms with van der Waals surface area (Å²) in [5.41, 5.74) is 1.20. The van der Waals surface area contributed by atoms with Crippen LogP contribution in [0.5, 0.6) is 5.75 Å². The lowest BCUT2D eigenvalue weighted by Gasteiger charge is -2.15. The quantitative estimate of drug-likeness (QED) is 0.785. The molecule has 3 nitrogen and oxygen atoms in total. The first-order valence-electron chi connectivity index (χ1n) is 7.12. The Kier molecular flexibility index (Phi) is 5.39. The van der Waals surface area contributed by atoms with E-state index in [4.69, 9.17) is 9.47 Å². The first kappa shape index (κ1) is 14.8. The van der Waals surface area contributed by atoms with Crippen LogP contribution < -0.4 is 10.1 Å². The van der Waals surface area contributed by atoms with E-state index in [1.807, 2.05) is 27.0 Å². The second-order valence-electron chi connectivity index (χ2n) is 5.06. The van der Waals surface area contributed by atoms with Crippen LogP contribution in [0.3, 0.4) is 0 Å². The molecule has 0 radical (unpaired) electrons. The molecule has 0 unspecified atom stereocenters. The number of hydrogen-bond acceptors (Lipinski definition) is 3. The zero-order valence-corrected chi connectivity index (χ0v) is 12.5. The maximum absolute atomic E-state index is 5.88. The molecule has 0 fully saturated rings. The van der Waals surface area contributed by atoms with Gasteiger partial charge in [0.15, 0.2) is 0 Å². The van der Waals surface area contributed by atoms with E-state index in [0.29, 0.717) is 13.2 Å². The van der Waals surface area contributed by atoms with Gasteiger partial charge in [0, 0.05) is 12.1 Å². The Labute approximate surface area is 120 Å². The van der Waals surface area contributed by atoms with Gasteiger partial charge in [-0.3, -0.25) is 0 Å². The predicted octanol–water partition coefficient (Wildman–Crippen LogP) is 3.36. The Morgan fingerprint density at radius 2 is 1.85 bits per heavy atom. The lowest BCUT2D eigenvalue weighted by Crippen LogP contribution is -2.13. The van der Waals surface area contributed by atoms with Crippen molar-refractivity contribution in [3.05, 3.63) is 42.0 Å². The number of benzene rings is 2. The van der Waals surface area contributed by atoms with Crippen molar-refractivity contribution in [3.8, 4) is 5.75 Å². The zero-order valence-electron chi connectivity index (χ0n) is 12.5. The molecule has 0 spiro atoms. The van der Waals surface area contributed by atoms with E-state index in [-0.39, 0.29) is 6.10 Å². The third-order valence-electron chi connectivity index (χ3n) is 3.14. The molecule has 2 rings (SSSR count). The van der Waals surface area contributed by atoms with E-state index in [9.17, 15) is 0 Å². The molecule has 0 amide bonds. The number of fused-ring (bicyclic) bond motifs is 1. The van der Waals surface area contributed by atoms with Crippen LogP contribution in [0.4, 0.5) is 0 Å². The zero-order chi connectivity index (χ0) is 14.4. The molecule has 2 aromatic carbocycles. The Morgan fingerprint density at radius 3 is 2.60 bits per heavy atom. The largest absolute Gasteiger partial charge is 0.491 e. The van der Waals surface area contributed by atoms with Gasteiger partial charge in [-0.1, -0.05) is 30.3 Å². The van der Waals surface area contributed by atoms with Crippen LogP contribution in [0.2, 0.25) is 0 Å². The lowest BCUT2D eigenvalue weighted by molar-refractivity contribution is 0.0551. The molecule has 1 N–H and O–H groups in total. The third-order valence-corrected chi connectivity index (χ3v) is 3.14. The van der Waals surface area contributed by atoms with Gasteiger partial charge in [-0.2, -0.15) is 0 Å². The summed E-state index contributed by atoms with van der Waals surface area (Å²) in [6.07, 6.45) is 0.243. The summed E-state index contributed by atoms with van der Waals surface area (Å²) in [7, 11) is 1.95. The fraction of sp³-hybridized carbons (Fsp3) is 0.412. The topological polar surface area (TPSA) is 30.5 Å². The van der Waals surface area contributed by atoms with Gasteiger partial charge in [-0.05, 0) is 37.7 Å². The maximum Gasteiger partial charge on any atom is 0.124 e. The average molecular weight is 273 g/mol. The molecule has 0 aliphatic carbocycles. The van der Waals surface area contributed by atoms with E-state index >= 15 is 0 Å². The van der Waals surface area contributed by atoms with Crippen molar-refractivity contribution in [2.45, 2.75) is 26.5 Å². The molecule has 0 saturated heterocycles. The summed E-state index contributed by atoms with van der Waals surface area (Å²) >= 11 is 0. The van der Waals surface area contributed by atoms with Crippen LogP contribution in [0.25, 0.3) is 10.8 Å². The van der Waals surface area contributed by atoms with Crippen molar-refractivity contribution >= 4 is 10.8 Å². The van der Waals surface area contributed by atoms with E-state index in [1.54, 1.807) is 0 Å². The van der Waals surface area contributed by atoms with Crippen molar-refractivity contribution in [1.29, 1.82) is 0 Å². The molecule has 0 aliphatic heterocycles. The minimum atomic E-state index is 0.243.